The number of rotatable bonds is 8. The number of para-hydroxylation sites is 1. The van der Waals surface area contributed by atoms with Crippen LogP contribution in [0.4, 0.5) is 5.69 Å². The number of nitrogens with one attached hydrogen (secondary N) is 2. The lowest BCUT2D eigenvalue weighted by Gasteiger charge is -2.12. The van der Waals surface area contributed by atoms with Crippen LogP contribution in [0, 0.1) is 6.92 Å². The molecule has 0 spiro atoms. The zero-order chi connectivity index (χ0) is 21.4. The van der Waals surface area contributed by atoms with Crippen LogP contribution in [-0.2, 0) is 19.6 Å². The molecular weight excluding hydrogens is 436 g/mol. The normalized spacial score (nSPS) is 11.8. The van der Waals surface area contributed by atoms with Crippen molar-refractivity contribution >= 4 is 51.0 Å². The third-order valence-electron chi connectivity index (χ3n) is 3.48. The molecule has 0 saturated heterocycles. The van der Waals surface area contributed by atoms with E-state index in [1.807, 2.05) is 6.07 Å². The van der Waals surface area contributed by atoms with Gasteiger partial charge in [0, 0.05) is 9.92 Å². The molecule has 0 aromatic heterocycles. The average molecular weight is 457 g/mol. The highest BCUT2D eigenvalue weighted by Gasteiger charge is 2.21. The van der Waals surface area contributed by atoms with Gasteiger partial charge in [-0.1, -0.05) is 29.8 Å². The second-order valence-corrected chi connectivity index (χ2v) is 8.71. The Morgan fingerprint density at radius 2 is 1.97 bits per heavy atom. The Morgan fingerprint density at radius 3 is 2.62 bits per heavy atom. The molecule has 0 aliphatic heterocycles. The van der Waals surface area contributed by atoms with Crippen LogP contribution < -0.4 is 16.6 Å². The van der Waals surface area contributed by atoms with Crippen LogP contribution in [0.2, 0.25) is 5.02 Å². The fourth-order valence-electron chi connectivity index (χ4n) is 2.15. The number of guanidine groups is 1. The molecule has 4 N–H and O–H groups in total. The van der Waals surface area contributed by atoms with Gasteiger partial charge in [0.15, 0.2) is 0 Å². The molecule has 0 atom stereocenters. The molecule has 0 amide bonds. The summed E-state index contributed by atoms with van der Waals surface area (Å²) < 4.78 is 34.1. The average Bonchev–Trinajstić information content (AvgIpc) is 2.67. The van der Waals surface area contributed by atoms with Gasteiger partial charge in [0.2, 0.25) is 5.96 Å². The van der Waals surface area contributed by atoms with E-state index in [-0.39, 0.29) is 28.1 Å². The second-order valence-electron chi connectivity index (χ2n) is 5.71. The van der Waals surface area contributed by atoms with Gasteiger partial charge in [-0.2, -0.15) is 8.42 Å². The van der Waals surface area contributed by atoms with Crippen LogP contribution in [-0.4, -0.2) is 32.7 Å². The summed E-state index contributed by atoms with van der Waals surface area (Å²) in [5, 5.41) is 0.371. The van der Waals surface area contributed by atoms with Crippen LogP contribution in [0.15, 0.2) is 56.7 Å². The zero-order valence-electron chi connectivity index (χ0n) is 15.8. The minimum Gasteiger partial charge on any atom is -0.465 e. The Kier molecular flexibility index (Phi) is 8.18. The highest BCUT2D eigenvalue weighted by molar-refractivity contribution is 8.00. The Hall–Kier alpha value is -2.43. The molecule has 0 aliphatic carbocycles. The van der Waals surface area contributed by atoms with E-state index in [2.05, 4.69) is 15.2 Å². The Bertz CT molecular complexity index is 998. The van der Waals surface area contributed by atoms with E-state index in [1.54, 1.807) is 38.1 Å². The lowest BCUT2D eigenvalue weighted by atomic mass is 10.2. The third-order valence-corrected chi connectivity index (χ3v) is 6.38. The van der Waals surface area contributed by atoms with Crippen molar-refractivity contribution in [2.45, 2.75) is 23.6 Å². The van der Waals surface area contributed by atoms with E-state index < -0.39 is 16.0 Å². The monoisotopic (exact) mass is 456 g/mol. The summed E-state index contributed by atoms with van der Waals surface area (Å²) in [5.74, 6) is -0.875. The number of anilines is 1. The number of nitrogens with zero attached hydrogens (tertiary/aromatic N) is 1. The summed E-state index contributed by atoms with van der Waals surface area (Å²) in [6.45, 7) is 3.60. The first-order valence-corrected chi connectivity index (χ1v) is 11.3. The number of carbonyl (C=O) groups excluding carboxylic acids is 1. The molecule has 8 nitrogen and oxygen atoms in total. The van der Waals surface area contributed by atoms with E-state index in [0.29, 0.717) is 16.3 Å². The fourth-order valence-corrected chi connectivity index (χ4v) is 4.67. The number of ether oxygens (including phenoxy) is 1. The fraction of sp³-hybridized carbons (Fsp3) is 0.222. The maximum Gasteiger partial charge on any atom is 0.316 e. The van der Waals surface area contributed by atoms with Gasteiger partial charge in [-0.15, -0.1) is 16.2 Å². The van der Waals surface area contributed by atoms with Crippen LogP contribution in [0.1, 0.15) is 12.5 Å². The van der Waals surface area contributed by atoms with Gasteiger partial charge < -0.3 is 10.5 Å². The minimum absolute atomic E-state index is 0.0667. The quantitative estimate of drug-likeness (QED) is 0.182. The molecule has 0 aliphatic rings. The molecule has 0 radical (unpaired) electrons. The van der Waals surface area contributed by atoms with E-state index in [4.69, 9.17) is 22.1 Å². The van der Waals surface area contributed by atoms with Crippen molar-refractivity contribution in [3.63, 3.8) is 0 Å². The second kappa shape index (κ2) is 10.4. The molecule has 2 aromatic carbocycles. The SMILES string of the molecule is CCOC(=O)CSc1cc(Cl)c(C)cc1S(=O)(=O)/N=C(\N)NNc1ccccc1. The Labute approximate surface area is 178 Å². The summed E-state index contributed by atoms with van der Waals surface area (Å²) in [7, 11) is -4.17. The Balaban J connectivity index is 2.25. The van der Waals surface area contributed by atoms with Gasteiger partial charge in [0.1, 0.15) is 4.90 Å². The number of aryl methyl sites for hydroxylation is 1. The smallest absolute Gasteiger partial charge is 0.316 e. The van der Waals surface area contributed by atoms with Crippen LogP contribution in [0.25, 0.3) is 0 Å². The third kappa shape index (κ3) is 6.84. The number of sulfonamides is 1. The highest BCUT2D eigenvalue weighted by Crippen LogP contribution is 2.33. The van der Waals surface area contributed by atoms with Gasteiger partial charge >= 0.3 is 5.97 Å². The molecule has 11 heteroatoms. The summed E-state index contributed by atoms with van der Waals surface area (Å²) in [6, 6.07) is 11.9. The molecule has 2 aromatic rings. The number of hydrazine groups is 1. The maximum absolute atomic E-state index is 12.8. The van der Waals surface area contributed by atoms with E-state index in [0.717, 1.165) is 11.8 Å². The largest absolute Gasteiger partial charge is 0.465 e. The van der Waals surface area contributed by atoms with Crippen molar-refractivity contribution in [1.82, 2.24) is 5.43 Å². The molecule has 0 unspecified atom stereocenters. The molecule has 0 heterocycles. The topological polar surface area (TPSA) is 123 Å². The number of esters is 1. The van der Waals surface area contributed by atoms with Crippen molar-refractivity contribution in [3.05, 3.63) is 53.1 Å². The lowest BCUT2D eigenvalue weighted by Crippen LogP contribution is -2.36. The van der Waals surface area contributed by atoms with Gasteiger partial charge in [0.05, 0.1) is 18.0 Å². The number of thioether (sulfide) groups is 1. The summed E-state index contributed by atoms with van der Waals surface area (Å²) in [6.07, 6.45) is 0. The minimum atomic E-state index is -4.17. The van der Waals surface area contributed by atoms with Gasteiger partial charge in [-0.25, -0.2) is 0 Å². The number of hydrogen-bond donors (Lipinski definition) is 3. The standard InChI is InChI=1S/C18H21ClN4O4S2/c1-3-27-17(24)11-28-15-10-14(19)12(2)9-16(15)29(25,26)23-18(20)22-21-13-7-5-4-6-8-13/h4-10,21H,3,11H2,1-2H3,(H3,20,22,23). The summed E-state index contributed by atoms with van der Waals surface area (Å²) >= 11 is 7.13. The number of benzene rings is 2. The van der Waals surface area contributed by atoms with Gasteiger partial charge in [-0.05, 0) is 43.7 Å². The molecule has 0 fully saturated rings. The number of halogens is 1. The highest BCUT2D eigenvalue weighted by atomic mass is 35.5. The maximum atomic E-state index is 12.8. The molecule has 2 rings (SSSR count). The van der Waals surface area contributed by atoms with Crippen molar-refractivity contribution < 1.29 is 17.9 Å². The molecular formula is C18H21ClN4O4S2. The summed E-state index contributed by atoms with van der Waals surface area (Å²) in [5.41, 5.74) is 12.2. The van der Waals surface area contributed by atoms with Crippen LogP contribution >= 0.6 is 23.4 Å². The van der Waals surface area contributed by atoms with Gasteiger partial charge in [0.25, 0.3) is 10.0 Å². The molecule has 0 bridgehead atoms. The predicted molar refractivity (Wildman–Crippen MR) is 116 cm³/mol. The lowest BCUT2D eigenvalue weighted by molar-refractivity contribution is -0.139. The van der Waals surface area contributed by atoms with Crippen LogP contribution in [0.3, 0.4) is 0 Å². The van der Waals surface area contributed by atoms with Crippen molar-refractivity contribution in [2.75, 3.05) is 17.8 Å². The van der Waals surface area contributed by atoms with Crippen LogP contribution in [0.5, 0.6) is 0 Å². The molecule has 0 saturated carbocycles. The van der Waals surface area contributed by atoms with E-state index in [9.17, 15) is 13.2 Å². The first-order chi connectivity index (χ1) is 13.7. The summed E-state index contributed by atoms with van der Waals surface area (Å²) in [4.78, 5) is 11.8. The first-order valence-electron chi connectivity index (χ1n) is 8.49. The Morgan fingerprint density at radius 1 is 1.28 bits per heavy atom. The first kappa shape index (κ1) is 22.9. The zero-order valence-corrected chi connectivity index (χ0v) is 18.2. The van der Waals surface area contributed by atoms with Crippen molar-refractivity contribution in [3.8, 4) is 0 Å². The predicted octanol–water partition coefficient (Wildman–Crippen LogP) is 2.92. The van der Waals surface area contributed by atoms with E-state index >= 15 is 0 Å². The van der Waals surface area contributed by atoms with Crippen molar-refractivity contribution in [1.29, 1.82) is 0 Å². The molecule has 156 valence electrons. The molecule has 29 heavy (non-hydrogen) atoms. The van der Waals surface area contributed by atoms with Gasteiger partial charge in [-0.3, -0.25) is 15.6 Å². The van der Waals surface area contributed by atoms with Crippen molar-refractivity contribution in [2.24, 2.45) is 10.1 Å². The number of hydrogen-bond acceptors (Lipinski definition) is 6. The number of nitrogens with two attached hydrogens (primary N) is 1. The van der Waals surface area contributed by atoms with E-state index in [1.165, 1.54) is 12.1 Å². The number of carbonyl (C=O) groups is 1.